The fraction of sp³-hybridized carbons (Fsp3) is 0.118. The SMILES string of the molecule is Cc1ccc(-c2ccc(S(=O)(=O)Nc3cc(C)on3)c(F)c2)cc1. The number of hydrogen-bond acceptors (Lipinski definition) is 4. The van der Waals surface area contributed by atoms with Crippen molar-refractivity contribution in [1.82, 2.24) is 5.16 Å². The van der Waals surface area contributed by atoms with Crippen molar-refractivity contribution in [3.8, 4) is 11.1 Å². The van der Waals surface area contributed by atoms with Crippen LogP contribution in [0.1, 0.15) is 11.3 Å². The number of nitrogens with zero attached hydrogens (tertiary/aromatic N) is 1. The zero-order chi connectivity index (χ0) is 17.3. The van der Waals surface area contributed by atoms with Crippen LogP contribution >= 0.6 is 0 Å². The number of benzene rings is 2. The summed E-state index contributed by atoms with van der Waals surface area (Å²) in [6.07, 6.45) is 0. The van der Waals surface area contributed by atoms with E-state index < -0.39 is 20.7 Å². The molecule has 0 unspecified atom stereocenters. The molecule has 0 aliphatic carbocycles. The van der Waals surface area contributed by atoms with Crippen LogP contribution in [0, 0.1) is 19.7 Å². The van der Waals surface area contributed by atoms with E-state index in [0.29, 0.717) is 11.3 Å². The lowest BCUT2D eigenvalue weighted by Crippen LogP contribution is -2.14. The molecule has 1 heterocycles. The Hall–Kier alpha value is -2.67. The summed E-state index contributed by atoms with van der Waals surface area (Å²) in [6.45, 7) is 3.58. The van der Waals surface area contributed by atoms with E-state index in [0.717, 1.165) is 11.1 Å². The van der Waals surface area contributed by atoms with Gasteiger partial charge >= 0.3 is 0 Å². The highest BCUT2D eigenvalue weighted by molar-refractivity contribution is 7.92. The minimum Gasteiger partial charge on any atom is -0.360 e. The van der Waals surface area contributed by atoms with Gasteiger partial charge in [-0.25, -0.2) is 12.8 Å². The third-order valence-corrected chi connectivity index (χ3v) is 4.86. The Bertz CT molecular complexity index is 979. The Morgan fingerprint density at radius 3 is 2.25 bits per heavy atom. The van der Waals surface area contributed by atoms with E-state index >= 15 is 0 Å². The van der Waals surface area contributed by atoms with Crippen LogP contribution in [0.4, 0.5) is 10.2 Å². The number of sulfonamides is 1. The first kappa shape index (κ1) is 16.2. The van der Waals surface area contributed by atoms with E-state index in [9.17, 15) is 12.8 Å². The third-order valence-electron chi connectivity index (χ3n) is 3.47. The minimum absolute atomic E-state index is 0.00881. The lowest BCUT2D eigenvalue weighted by atomic mass is 10.0. The van der Waals surface area contributed by atoms with E-state index in [-0.39, 0.29) is 5.82 Å². The summed E-state index contributed by atoms with van der Waals surface area (Å²) in [6, 6.07) is 12.9. The molecule has 7 heteroatoms. The summed E-state index contributed by atoms with van der Waals surface area (Å²) in [5.74, 6) is -0.377. The van der Waals surface area contributed by atoms with Gasteiger partial charge in [0, 0.05) is 6.07 Å². The molecule has 24 heavy (non-hydrogen) atoms. The summed E-state index contributed by atoms with van der Waals surface area (Å²) in [7, 11) is -4.08. The van der Waals surface area contributed by atoms with Gasteiger partial charge in [0.25, 0.3) is 10.0 Å². The molecular weight excluding hydrogens is 331 g/mol. The van der Waals surface area contributed by atoms with Gasteiger partial charge < -0.3 is 4.52 Å². The zero-order valence-corrected chi connectivity index (χ0v) is 13.9. The predicted molar refractivity (Wildman–Crippen MR) is 88.6 cm³/mol. The molecule has 124 valence electrons. The fourth-order valence-electron chi connectivity index (χ4n) is 2.25. The van der Waals surface area contributed by atoms with Crippen LogP contribution in [-0.2, 0) is 10.0 Å². The molecule has 0 saturated heterocycles. The highest BCUT2D eigenvalue weighted by Crippen LogP contribution is 2.25. The highest BCUT2D eigenvalue weighted by Gasteiger charge is 2.21. The number of hydrogen-bond donors (Lipinski definition) is 1. The van der Waals surface area contributed by atoms with E-state index in [1.54, 1.807) is 13.0 Å². The van der Waals surface area contributed by atoms with Crippen molar-refractivity contribution in [2.24, 2.45) is 0 Å². The van der Waals surface area contributed by atoms with E-state index in [2.05, 4.69) is 9.88 Å². The quantitative estimate of drug-likeness (QED) is 0.778. The Morgan fingerprint density at radius 2 is 1.67 bits per heavy atom. The molecule has 3 rings (SSSR count). The number of anilines is 1. The normalized spacial score (nSPS) is 11.5. The molecule has 0 atom stereocenters. The Morgan fingerprint density at radius 1 is 1.00 bits per heavy atom. The summed E-state index contributed by atoms with van der Waals surface area (Å²) in [5, 5.41) is 3.54. The number of aryl methyl sites for hydroxylation is 2. The molecule has 0 aliphatic rings. The largest absolute Gasteiger partial charge is 0.360 e. The molecule has 0 amide bonds. The summed E-state index contributed by atoms with van der Waals surface area (Å²) >= 11 is 0. The first-order valence-electron chi connectivity index (χ1n) is 7.18. The van der Waals surface area contributed by atoms with E-state index in [1.807, 2.05) is 31.2 Å². The molecule has 0 fully saturated rings. The van der Waals surface area contributed by atoms with Gasteiger partial charge in [-0.1, -0.05) is 41.1 Å². The maximum atomic E-state index is 14.4. The van der Waals surface area contributed by atoms with Crippen LogP contribution in [0.3, 0.4) is 0 Å². The first-order valence-corrected chi connectivity index (χ1v) is 8.66. The smallest absolute Gasteiger partial charge is 0.266 e. The molecule has 0 saturated carbocycles. The van der Waals surface area contributed by atoms with Crippen molar-refractivity contribution in [3.63, 3.8) is 0 Å². The molecule has 0 bridgehead atoms. The van der Waals surface area contributed by atoms with Gasteiger partial charge in [0.15, 0.2) is 5.82 Å². The van der Waals surface area contributed by atoms with Gasteiger partial charge in [0.1, 0.15) is 16.5 Å². The zero-order valence-electron chi connectivity index (χ0n) is 13.1. The van der Waals surface area contributed by atoms with Crippen molar-refractivity contribution >= 4 is 15.8 Å². The molecule has 3 aromatic rings. The second-order valence-electron chi connectivity index (χ2n) is 5.44. The lowest BCUT2D eigenvalue weighted by molar-refractivity contribution is 0.400. The maximum Gasteiger partial charge on any atom is 0.266 e. The van der Waals surface area contributed by atoms with Crippen LogP contribution in [0.25, 0.3) is 11.1 Å². The van der Waals surface area contributed by atoms with Crippen LogP contribution in [-0.4, -0.2) is 13.6 Å². The standard InChI is InChI=1S/C17H15FN2O3S/c1-11-3-5-13(6-4-11)14-7-8-16(15(18)10-14)24(21,22)20-17-9-12(2)23-19-17/h3-10H,1-2H3,(H,19,20). The molecule has 1 aromatic heterocycles. The molecular formula is C17H15FN2O3S. The van der Waals surface area contributed by atoms with Gasteiger partial charge in [0.2, 0.25) is 0 Å². The van der Waals surface area contributed by atoms with Gasteiger partial charge in [-0.3, -0.25) is 4.72 Å². The predicted octanol–water partition coefficient (Wildman–Crippen LogP) is 3.90. The highest BCUT2D eigenvalue weighted by atomic mass is 32.2. The van der Waals surface area contributed by atoms with Gasteiger partial charge in [0.05, 0.1) is 0 Å². The Balaban J connectivity index is 1.93. The molecule has 5 nitrogen and oxygen atoms in total. The van der Waals surface area contributed by atoms with Gasteiger partial charge in [-0.15, -0.1) is 0 Å². The van der Waals surface area contributed by atoms with Crippen molar-refractivity contribution in [2.75, 3.05) is 4.72 Å². The van der Waals surface area contributed by atoms with Crippen LogP contribution in [0.5, 0.6) is 0 Å². The average molecular weight is 346 g/mol. The Labute approximate surface area is 139 Å². The van der Waals surface area contributed by atoms with Crippen molar-refractivity contribution in [1.29, 1.82) is 0 Å². The van der Waals surface area contributed by atoms with Crippen LogP contribution in [0.15, 0.2) is 57.9 Å². The Kier molecular flexibility index (Phi) is 4.11. The van der Waals surface area contributed by atoms with E-state index in [4.69, 9.17) is 4.52 Å². The first-order chi connectivity index (χ1) is 11.3. The molecule has 0 radical (unpaired) electrons. The summed E-state index contributed by atoms with van der Waals surface area (Å²) < 4.78 is 45.9. The maximum absolute atomic E-state index is 14.4. The van der Waals surface area contributed by atoms with Crippen LogP contribution < -0.4 is 4.72 Å². The molecule has 0 spiro atoms. The lowest BCUT2D eigenvalue weighted by Gasteiger charge is -2.08. The minimum atomic E-state index is -4.08. The van der Waals surface area contributed by atoms with Gasteiger partial charge in [-0.05, 0) is 37.1 Å². The topological polar surface area (TPSA) is 72.2 Å². The van der Waals surface area contributed by atoms with Crippen molar-refractivity contribution in [3.05, 3.63) is 65.7 Å². The number of aromatic nitrogens is 1. The second-order valence-corrected chi connectivity index (χ2v) is 7.09. The fourth-order valence-corrected chi connectivity index (χ4v) is 3.30. The second kappa shape index (κ2) is 6.09. The van der Waals surface area contributed by atoms with Gasteiger partial charge in [-0.2, -0.15) is 0 Å². The number of rotatable bonds is 4. The monoisotopic (exact) mass is 346 g/mol. The van der Waals surface area contributed by atoms with Crippen molar-refractivity contribution in [2.45, 2.75) is 18.7 Å². The van der Waals surface area contributed by atoms with Crippen LogP contribution in [0.2, 0.25) is 0 Å². The number of halogens is 1. The molecule has 1 N–H and O–H groups in total. The number of nitrogens with one attached hydrogen (secondary N) is 1. The average Bonchev–Trinajstić information content (AvgIpc) is 2.92. The van der Waals surface area contributed by atoms with E-state index in [1.165, 1.54) is 18.2 Å². The third kappa shape index (κ3) is 3.30. The summed E-state index contributed by atoms with van der Waals surface area (Å²) in [4.78, 5) is -0.445. The molecule has 0 aliphatic heterocycles. The van der Waals surface area contributed by atoms with Crippen molar-refractivity contribution < 1.29 is 17.3 Å². The summed E-state index contributed by atoms with van der Waals surface area (Å²) in [5.41, 5.74) is 2.50. The molecule has 2 aromatic carbocycles.